The Labute approximate surface area is 67.3 Å². The SMILES string of the molecule is CCOC1CCCN(C)C1F. The van der Waals surface area contributed by atoms with Crippen LogP contribution in [0.1, 0.15) is 19.8 Å². The first kappa shape index (κ1) is 8.94. The number of likely N-dealkylation sites (N-methyl/N-ethyl adjacent to an activating group) is 1. The largest absolute Gasteiger partial charge is 0.374 e. The van der Waals surface area contributed by atoms with Crippen molar-refractivity contribution in [2.24, 2.45) is 0 Å². The van der Waals surface area contributed by atoms with Crippen LogP contribution < -0.4 is 0 Å². The van der Waals surface area contributed by atoms with E-state index < -0.39 is 6.30 Å². The molecule has 1 heterocycles. The molecule has 1 rings (SSSR count). The summed E-state index contributed by atoms with van der Waals surface area (Å²) >= 11 is 0. The van der Waals surface area contributed by atoms with E-state index in [0.29, 0.717) is 6.61 Å². The van der Waals surface area contributed by atoms with Crippen molar-refractivity contribution in [3.05, 3.63) is 0 Å². The van der Waals surface area contributed by atoms with E-state index >= 15 is 0 Å². The topological polar surface area (TPSA) is 12.5 Å². The molecule has 0 N–H and O–H groups in total. The fraction of sp³-hybridized carbons (Fsp3) is 1.00. The van der Waals surface area contributed by atoms with Crippen LogP contribution in [0.3, 0.4) is 0 Å². The summed E-state index contributed by atoms with van der Waals surface area (Å²) in [5.74, 6) is 0. The molecule has 0 spiro atoms. The number of hydrogen-bond acceptors (Lipinski definition) is 2. The monoisotopic (exact) mass is 161 g/mol. The highest BCUT2D eigenvalue weighted by molar-refractivity contribution is 4.75. The lowest BCUT2D eigenvalue weighted by Crippen LogP contribution is -2.44. The summed E-state index contributed by atoms with van der Waals surface area (Å²) in [4.78, 5) is 1.71. The highest BCUT2D eigenvalue weighted by Gasteiger charge is 2.28. The standard InChI is InChI=1S/C8H16FNO/c1-3-11-7-5-4-6-10(2)8(7)9/h7-8H,3-6H2,1-2H3. The van der Waals surface area contributed by atoms with E-state index in [4.69, 9.17) is 4.74 Å². The zero-order valence-corrected chi connectivity index (χ0v) is 7.22. The number of nitrogens with zero attached hydrogens (tertiary/aromatic N) is 1. The number of likely N-dealkylation sites (tertiary alicyclic amines) is 1. The Hall–Kier alpha value is -0.150. The van der Waals surface area contributed by atoms with E-state index in [1.165, 1.54) is 0 Å². The van der Waals surface area contributed by atoms with Gasteiger partial charge in [0.15, 0.2) is 6.30 Å². The predicted octanol–water partition coefficient (Wildman–Crippen LogP) is 1.41. The van der Waals surface area contributed by atoms with Crippen LogP contribution in [0.2, 0.25) is 0 Å². The van der Waals surface area contributed by atoms with E-state index in [2.05, 4.69) is 0 Å². The minimum atomic E-state index is -0.899. The molecule has 11 heavy (non-hydrogen) atoms. The number of ether oxygens (including phenoxy) is 1. The van der Waals surface area contributed by atoms with Gasteiger partial charge < -0.3 is 4.74 Å². The van der Waals surface area contributed by atoms with Crippen LogP contribution in [-0.2, 0) is 4.74 Å². The summed E-state index contributed by atoms with van der Waals surface area (Å²) < 4.78 is 18.5. The Morgan fingerprint density at radius 1 is 1.64 bits per heavy atom. The number of halogens is 1. The number of piperidine rings is 1. The van der Waals surface area contributed by atoms with Crippen molar-refractivity contribution in [1.82, 2.24) is 4.90 Å². The van der Waals surface area contributed by atoms with Crippen molar-refractivity contribution in [3.63, 3.8) is 0 Å². The van der Waals surface area contributed by atoms with Gasteiger partial charge in [0.25, 0.3) is 0 Å². The normalized spacial score (nSPS) is 34.1. The molecule has 0 aromatic carbocycles. The first-order chi connectivity index (χ1) is 5.25. The minimum Gasteiger partial charge on any atom is -0.374 e. The fourth-order valence-corrected chi connectivity index (χ4v) is 1.46. The lowest BCUT2D eigenvalue weighted by molar-refractivity contribution is -0.0820. The molecular weight excluding hydrogens is 145 g/mol. The van der Waals surface area contributed by atoms with E-state index in [9.17, 15) is 4.39 Å². The van der Waals surface area contributed by atoms with Crippen LogP contribution in [0.5, 0.6) is 0 Å². The van der Waals surface area contributed by atoms with Crippen LogP contribution in [0, 0.1) is 0 Å². The summed E-state index contributed by atoms with van der Waals surface area (Å²) in [6.07, 6.45) is 0.809. The number of alkyl halides is 1. The lowest BCUT2D eigenvalue weighted by atomic mass is 10.1. The first-order valence-electron chi connectivity index (χ1n) is 4.21. The lowest BCUT2D eigenvalue weighted by Gasteiger charge is -2.33. The second kappa shape index (κ2) is 4.02. The van der Waals surface area contributed by atoms with Gasteiger partial charge in [-0.3, -0.25) is 4.90 Å². The molecule has 0 amide bonds. The summed E-state index contributed by atoms with van der Waals surface area (Å²) in [7, 11) is 1.80. The molecule has 2 nitrogen and oxygen atoms in total. The Balaban J connectivity index is 2.38. The van der Waals surface area contributed by atoms with Crippen LogP contribution in [-0.4, -0.2) is 37.5 Å². The molecule has 0 aromatic heterocycles. The zero-order valence-electron chi connectivity index (χ0n) is 7.22. The Morgan fingerprint density at radius 2 is 2.36 bits per heavy atom. The molecule has 0 bridgehead atoms. The van der Waals surface area contributed by atoms with Gasteiger partial charge in [-0.25, -0.2) is 4.39 Å². The van der Waals surface area contributed by atoms with E-state index in [-0.39, 0.29) is 6.10 Å². The molecule has 1 aliphatic heterocycles. The average Bonchev–Trinajstić information content (AvgIpc) is 1.99. The van der Waals surface area contributed by atoms with E-state index in [1.807, 2.05) is 6.92 Å². The van der Waals surface area contributed by atoms with Crippen LogP contribution >= 0.6 is 0 Å². The van der Waals surface area contributed by atoms with Crippen molar-refractivity contribution >= 4 is 0 Å². The highest BCUT2D eigenvalue weighted by Crippen LogP contribution is 2.19. The predicted molar refractivity (Wildman–Crippen MR) is 42.2 cm³/mol. The quantitative estimate of drug-likeness (QED) is 0.568. The average molecular weight is 161 g/mol. The molecule has 2 unspecified atom stereocenters. The van der Waals surface area contributed by atoms with E-state index in [0.717, 1.165) is 19.4 Å². The first-order valence-corrected chi connectivity index (χ1v) is 4.21. The van der Waals surface area contributed by atoms with Crippen molar-refractivity contribution in [1.29, 1.82) is 0 Å². The van der Waals surface area contributed by atoms with Gasteiger partial charge in [-0.2, -0.15) is 0 Å². The molecular formula is C8H16FNO. The van der Waals surface area contributed by atoms with Crippen molar-refractivity contribution in [2.45, 2.75) is 32.2 Å². The van der Waals surface area contributed by atoms with Gasteiger partial charge in [0.1, 0.15) is 6.10 Å². The third-order valence-electron chi connectivity index (χ3n) is 2.11. The highest BCUT2D eigenvalue weighted by atomic mass is 19.1. The molecule has 1 aliphatic rings. The van der Waals surface area contributed by atoms with Gasteiger partial charge in [-0.05, 0) is 26.8 Å². The van der Waals surface area contributed by atoms with Crippen molar-refractivity contribution < 1.29 is 9.13 Å². The molecule has 0 aromatic rings. The van der Waals surface area contributed by atoms with E-state index in [1.54, 1.807) is 11.9 Å². The third kappa shape index (κ3) is 2.14. The smallest absolute Gasteiger partial charge is 0.179 e. The van der Waals surface area contributed by atoms with Gasteiger partial charge in [-0.1, -0.05) is 0 Å². The minimum absolute atomic E-state index is 0.196. The van der Waals surface area contributed by atoms with Gasteiger partial charge in [0, 0.05) is 13.2 Å². The second-order valence-corrected chi connectivity index (χ2v) is 2.99. The Bertz CT molecular complexity index is 119. The molecule has 0 radical (unpaired) electrons. The maximum absolute atomic E-state index is 13.2. The van der Waals surface area contributed by atoms with Crippen molar-refractivity contribution in [2.75, 3.05) is 20.2 Å². The summed E-state index contributed by atoms with van der Waals surface area (Å²) in [6.45, 7) is 3.37. The molecule has 0 aliphatic carbocycles. The maximum atomic E-state index is 13.2. The van der Waals surface area contributed by atoms with Gasteiger partial charge in [0.05, 0.1) is 0 Å². The second-order valence-electron chi connectivity index (χ2n) is 2.99. The molecule has 2 atom stereocenters. The zero-order chi connectivity index (χ0) is 8.27. The van der Waals surface area contributed by atoms with Gasteiger partial charge >= 0.3 is 0 Å². The van der Waals surface area contributed by atoms with Gasteiger partial charge in [-0.15, -0.1) is 0 Å². The maximum Gasteiger partial charge on any atom is 0.179 e. The van der Waals surface area contributed by atoms with Gasteiger partial charge in [0.2, 0.25) is 0 Å². The molecule has 0 saturated carbocycles. The fourth-order valence-electron chi connectivity index (χ4n) is 1.46. The van der Waals surface area contributed by atoms with Crippen molar-refractivity contribution in [3.8, 4) is 0 Å². The summed E-state index contributed by atoms with van der Waals surface area (Å²) in [6, 6.07) is 0. The summed E-state index contributed by atoms with van der Waals surface area (Å²) in [5, 5.41) is 0. The Morgan fingerprint density at radius 3 is 3.00 bits per heavy atom. The molecule has 1 fully saturated rings. The molecule has 66 valence electrons. The molecule has 3 heteroatoms. The van der Waals surface area contributed by atoms with Crippen LogP contribution in [0.15, 0.2) is 0 Å². The van der Waals surface area contributed by atoms with Crippen LogP contribution in [0.4, 0.5) is 4.39 Å². The number of hydrogen-bond donors (Lipinski definition) is 0. The Kier molecular flexibility index (Phi) is 3.27. The summed E-state index contributed by atoms with van der Waals surface area (Å²) in [5.41, 5.74) is 0. The number of rotatable bonds is 2. The molecule has 1 saturated heterocycles. The third-order valence-corrected chi connectivity index (χ3v) is 2.11. The van der Waals surface area contributed by atoms with Crippen LogP contribution in [0.25, 0.3) is 0 Å².